The first-order valence-electron chi connectivity index (χ1n) is 5.10. The summed E-state index contributed by atoms with van der Waals surface area (Å²) in [5.74, 6) is 0. The Morgan fingerprint density at radius 1 is 1.29 bits per heavy atom. The van der Waals surface area contributed by atoms with Crippen LogP contribution in [-0.4, -0.2) is 58.9 Å². The van der Waals surface area contributed by atoms with Crippen molar-refractivity contribution in [1.82, 2.24) is 5.32 Å². The Labute approximate surface area is 82.7 Å². The molecule has 0 aromatic heterocycles. The third kappa shape index (κ3) is 1.66. The van der Waals surface area contributed by atoms with E-state index in [1.54, 1.807) is 0 Å². The van der Waals surface area contributed by atoms with Crippen LogP contribution >= 0.6 is 0 Å². The van der Waals surface area contributed by atoms with Crippen LogP contribution in [0.4, 0.5) is 0 Å². The Bertz CT molecular complexity index is 199. The number of hydrogen-bond donors (Lipinski definition) is 4. The van der Waals surface area contributed by atoms with E-state index in [4.69, 9.17) is 9.84 Å². The van der Waals surface area contributed by atoms with Crippen molar-refractivity contribution < 1.29 is 20.1 Å². The molecule has 0 saturated carbocycles. The van der Waals surface area contributed by atoms with Gasteiger partial charge in [-0.2, -0.15) is 0 Å². The summed E-state index contributed by atoms with van der Waals surface area (Å²) >= 11 is 0. The molecule has 0 amide bonds. The average Bonchev–Trinajstić information content (AvgIpc) is 2.23. The monoisotopic (exact) mass is 203 g/mol. The first kappa shape index (κ1) is 10.3. The fraction of sp³-hybridized carbons (Fsp3) is 1.00. The summed E-state index contributed by atoms with van der Waals surface area (Å²) in [5, 5.41) is 31.5. The highest BCUT2D eigenvalue weighted by Crippen LogP contribution is 2.26. The Hall–Kier alpha value is -0.200. The maximum Gasteiger partial charge on any atom is 0.110 e. The predicted molar refractivity (Wildman–Crippen MR) is 48.8 cm³/mol. The smallest absolute Gasteiger partial charge is 0.110 e. The lowest BCUT2D eigenvalue weighted by Gasteiger charge is -2.45. The molecule has 4 unspecified atom stereocenters. The highest BCUT2D eigenvalue weighted by atomic mass is 16.5. The average molecular weight is 203 g/mol. The highest BCUT2D eigenvalue weighted by molar-refractivity contribution is 4.97. The SMILES string of the molecule is OCC1O[C@@H]2CCCNC2C(O)C1O. The molecular formula is C9H17NO4. The van der Waals surface area contributed by atoms with E-state index in [0.29, 0.717) is 0 Å². The van der Waals surface area contributed by atoms with Crippen LogP contribution in [0.3, 0.4) is 0 Å². The summed E-state index contributed by atoms with van der Waals surface area (Å²) in [5.41, 5.74) is 0. The van der Waals surface area contributed by atoms with Crippen molar-refractivity contribution in [2.45, 2.75) is 43.3 Å². The van der Waals surface area contributed by atoms with Gasteiger partial charge in [0.1, 0.15) is 18.3 Å². The maximum atomic E-state index is 9.77. The van der Waals surface area contributed by atoms with Crippen molar-refractivity contribution in [3.8, 4) is 0 Å². The lowest BCUT2D eigenvalue weighted by atomic mass is 9.88. The predicted octanol–water partition coefficient (Wildman–Crippen LogP) is -1.78. The largest absolute Gasteiger partial charge is 0.394 e. The van der Waals surface area contributed by atoms with Gasteiger partial charge in [0, 0.05) is 0 Å². The minimum absolute atomic E-state index is 0.0840. The van der Waals surface area contributed by atoms with E-state index in [1.807, 2.05) is 0 Å². The second-order valence-corrected chi connectivity index (χ2v) is 4.00. The van der Waals surface area contributed by atoms with E-state index in [-0.39, 0.29) is 18.8 Å². The lowest BCUT2D eigenvalue weighted by Crippen LogP contribution is -2.64. The lowest BCUT2D eigenvalue weighted by molar-refractivity contribution is -0.200. The fourth-order valence-electron chi connectivity index (χ4n) is 2.26. The number of nitrogens with one attached hydrogen (secondary N) is 1. The van der Waals surface area contributed by atoms with Gasteiger partial charge in [0.2, 0.25) is 0 Å². The number of fused-ring (bicyclic) bond motifs is 1. The van der Waals surface area contributed by atoms with Crippen LogP contribution in [0, 0.1) is 0 Å². The fourth-order valence-corrected chi connectivity index (χ4v) is 2.26. The van der Waals surface area contributed by atoms with Gasteiger partial charge in [-0.05, 0) is 19.4 Å². The zero-order valence-corrected chi connectivity index (χ0v) is 7.97. The number of aliphatic hydroxyl groups excluding tert-OH is 3. The number of piperidine rings is 1. The summed E-state index contributed by atoms with van der Waals surface area (Å²) < 4.78 is 5.50. The van der Waals surface area contributed by atoms with Crippen LogP contribution in [-0.2, 0) is 4.74 Å². The van der Waals surface area contributed by atoms with Crippen LogP contribution in [0.15, 0.2) is 0 Å². The molecule has 4 N–H and O–H groups in total. The van der Waals surface area contributed by atoms with Crippen molar-refractivity contribution in [1.29, 1.82) is 0 Å². The van der Waals surface area contributed by atoms with Crippen LogP contribution in [0.25, 0.3) is 0 Å². The molecular weight excluding hydrogens is 186 g/mol. The van der Waals surface area contributed by atoms with E-state index in [9.17, 15) is 10.2 Å². The van der Waals surface area contributed by atoms with Crippen molar-refractivity contribution in [2.24, 2.45) is 0 Å². The summed E-state index contributed by atoms with van der Waals surface area (Å²) in [6.45, 7) is 0.597. The molecule has 5 nitrogen and oxygen atoms in total. The molecule has 5 atom stereocenters. The van der Waals surface area contributed by atoms with Gasteiger partial charge in [0.05, 0.1) is 18.8 Å². The molecule has 0 aromatic carbocycles. The van der Waals surface area contributed by atoms with E-state index in [2.05, 4.69) is 5.32 Å². The normalized spacial score (nSPS) is 48.6. The van der Waals surface area contributed by atoms with E-state index < -0.39 is 18.3 Å². The topological polar surface area (TPSA) is 82.0 Å². The number of aliphatic hydroxyl groups is 3. The molecule has 0 spiro atoms. The van der Waals surface area contributed by atoms with Crippen LogP contribution in [0.2, 0.25) is 0 Å². The third-order valence-electron chi connectivity index (χ3n) is 3.07. The van der Waals surface area contributed by atoms with Crippen molar-refractivity contribution in [3.63, 3.8) is 0 Å². The Morgan fingerprint density at radius 3 is 2.79 bits per heavy atom. The van der Waals surface area contributed by atoms with E-state index in [0.717, 1.165) is 19.4 Å². The molecule has 5 heteroatoms. The molecule has 2 aliphatic rings. The number of rotatable bonds is 1. The van der Waals surface area contributed by atoms with Crippen molar-refractivity contribution in [3.05, 3.63) is 0 Å². The molecule has 2 aliphatic heterocycles. The van der Waals surface area contributed by atoms with E-state index >= 15 is 0 Å². The highest BCUT2D eigenvalue weighted by Gasteiger charge is 2.44. The molecule has 0 aromatic rings. The molecule has 2 heterocycles. The summed E-state index contributed by atoms with van der Waals surface area (Å²) in [6, 6.07) is -0.193. The minimum atomic E-state index is -0.994. The Balaban J connectivity index is 2.07. The number of hydrogen-bond acceptors (Lipinski definition) is 5. The second kappa shape index (κ2) is 4.12. The van der Waals surface area contributed by atoms with E-state index in [1.165, 1.54) is 0 Å². The van der Waals surface area contributed by atoms with Gasteiger partial charge in [-0.1, -0.05) is 0 Å². The van der Waals surface area contributed by atoms with Gasteiger partial charge in [0.15, 0.2) is 0 Å². The van der Waals surface area contributed by atoms with Gasteiger partial charge in [0.25, 0.3) is 0 Å². The standard InChI is InChI=1S/C9H17NO4/c11-4-6-8(12)9(13)7-5(14-6)2-1-3-10-7/h5-13H,1-4H2/t5-,6?,7?,8?,9?/m1/s1. The summed E-state index contributed by atoms with van der Waals surface area (Å²) in [6.07, 6.45) is -0.691. The van der Waals surface area contributed by atoms with Gasteiger partial charge in [-0.15, -0.1) is 0 Å². The molecule has 2 fully saturated rings. The first-order chi connectivity index (χ1) is 6.74. The van der Waals surface area contributed by atoms with Crippen molar-refractivity contribution >= 4 is 0 Å². The molecule has 82 valence electrons. The summed E-state index contributed by atoms with van der Waals surface area (Å²) in [7, 11) is 0. The Kier molecular flexibility index (Phi) is 3.04. The molecule has 2 saturated heterocycles. The molecule has 0 radical (unpaired) electrons. The number of ether oxygens (including phenoxy) is 1. The maximum absolute atomic E-state index is 9.77. The van der Waals surface area contributed by atoms with Gasteiger partial charge < -0.3 is 25.4 Å². The third-order valence-corrected chi connectivity index (χ3v) is 3.07. The van der Waals surface area contributed by atoms with Crippen LogP contribution in [0.5, 0.6) is 0 Å². The zero-order valence-electron chi connectivity index (χ0n) is 7.97. The molecule has 0 bridgehead atoms. The summed E-state index contributed by atoms with van der Waals surface area (Å²) in [4.78, 5) is 0. The van der Waals surface area contributed by atoms with Gasteiger partial charge in [-0.25, -0.2) is 0 Å². The van der Waals surface area contributed by atoms with Crippen LogP contribution < -0.4 is 5.32 Å². The van der Waals surface area contributed by atoms with Crippen molar-refractivity contribution in [2.75, 3.05) is 13.2 Å². The van der Waals surface area contributed by atoms with Crippen LogP contribution in [0.1, 0.15) is 12.8 Å². The zero-order chi connectivity index (χ0) is 10.1. The minimum Gasteiger partial charge on any atom is -0.394 e. The molecule has 14 heavy (non-hydrogen) atoms. The first-order valence-corrected chi connectivity index (χ1v) is 5.10. The molecule has 0 aliphatic carbocycles. The second-order valence-electron chi connectivity index (χ2n) is 4.00. The molecule has 2 rings (SSSR count). The quantitative estimate of drug-likeness (QED) is 0.405. The Morgan fingerprint density at radius 2 is 2.07 bits per heavy atom. The van der Waals surface area contributed by atoms with Gasteiger partial charge >= 0.3 is 0 Å². The van der Waals surface area contributed by atoms with Gasteiger partial charge in [-0.3, -0.25) is 0 Å².